The summed E-state index contributed by atoms with van der Waals surface area (Å²) in [6.07, 6.45) is 3.10. The normalized spacial score (nSPS) is 28.6. The topological polar surface area (TPSA) is 83.5 Å². The molecular formula is C13H13O5S2-. The van der Waals surface area contributed by atoms with Gasteiger partial charge in [0.1, 0.15) is 15.9 Å². The number of rotatable bonds is 3. The average Bonchev–Trinajstić information content (AvgIpc) is 3.00. The molecule has 3 atom stereocenters. The first-order valence-electron chi connectivity index (χ1n) is 6.36. The maximum Gasteiger partial charge on any atom is 0.315 e. The van der Waals surface area contributed by atoms with Gasteiger partial charge in [0.15, 0.2) is 0 Å². The van der Waals surface area contributed by atoms with Gasteiger partial charge in [0, 0.05) is 10.5 Å². The summed E-state index contributed by atoms with van der Waals surface area (Å²) in [5.41, 5.74) is 0. The molecular weight excluding hydrogens is 300 g/mol. The lowest BCUT2D eigenvalue weighted by molar-refractivity contribution is -0.139. The number of hydrogen-bond donors (Lipinski definition) is 0. The Morgan fingerprint density at radius 3 is 2.45 bits per heavy atom. The standard InChI is InChI=1S/C13H14O5S2/c14-13(11-7-9-3-6-12(11)19-9)18-8-1-4-10(5-2-8)20(15,16)17/h1-2,4-5,9,11-12H,3,6-7H2,(H,15,16,17)/p-1. The fraction of sp³-hybridized carbons (Fsp3) is 0.462. The molecule has 0 aromatic heterocycles. The highest BCUT2D eigenvalue weighted by atomic mass is 32.2. The highest BCUT2D eigenvalue weighted by Gasteiger charge is 2.44. The smallest absolute Gasteiger partial charge is 0.315 e. The van der Waals surface area contributed by atoms with Crippen molar-refractivity contribution in [2.75, 3.05) is 0 Å². The quantitative estimate of drug-likeness (QED) is 0.480. The third-order valence-corrected chi connectivity index (χ3v) is 6.32. The average molecular weight is 313 g/mol. The van der Waals surface area contributed by atoms with Crippen molar-refractivity contribution in [2.24, 2.45) is 5.92 Å². The van der Waals surface area contributed by atoms with E-state index in [0.29, 0.717) is 10.5 Å². The molecule has 7 heteroatoms. The molecule has 2 saturated heterocycles. The van der Waals surface area contributed by atoms with Crippen molar-refractivity contribution in [1.82, 2.24) is 0 Å². The zero-order valence-electron chi connectivity index (χ0n) is 10.5. The first-order valence-corrected chi connectivity index (χ1v) is 8.72. The van der Waals surface area contributed by atoms with Crippen LogP contribution in [0.25, 0.3) is 0 Å². The van der Waals surface area contributed by atoms with E-state index in [2.05, 4.69) is 0 Å². The van der Waals surface area contributed by atoms with E-state index in [-0.39, 0.29) is 22.5 Å². The van der Waals surface area contributed by atoms with Gasteiger partial charge in [-0.3, -0.25) is 4.79 Å². The van der Waals surface area contributed by atoms with Gasteiger partial charge in [-0.15, -0.1) is 0 Å². The molecule has 2 fully saturated rings. The highest BCUT2D eigenvalue weighted by molar-refractivity contribution is 8.01. The van der Waals surface area contributed by atoms with Crippen LogP contribution in [-0.4, -0.2) is 29.4 Å². The summed E-state index contributed by atoms with van der Waals surface area (Å²) in [4.78, 5) is 11.7. The molecule has 0 N–H and O–H groups in total. The Balaban J connectivity index is 1.67. The monoisotopic (exact) mass is 313 g/mol. The molecule has 3 unspecified atom stereocenters. The van der Waals surface area contributed by atoms with Crippen molar-refractivity contribution < 1.29 is 22.5 Å². The second-order valence-corrected chi connectivity index (χ2v) is 7.99. The third-order valence-electron chi connectivity index (χ3n) is 3.74. The molecule has 20 heavy (non-hydrogen) atoms. The molecule has 1 aromatic rings. The number of ether oxygens (including phenoxy) is 1. The van der Waals surface area contributed by atoms with E-state index in [1.165, 1.54) is 18.6 Å². The molecule has 2 heterocycles. The van der Waals surface area contributed by atoms with Gasteiger partial charge in [0.25, 0.3) is 0 Å². The number of carbonyl (C=O) groups excluding carboxylic acids is 1. The third kappa shape index (κ3) is 2.70. The van der Waals surface area contributed by atoms with Crippen molar-refractivity contribution in [3.05, 3.63) is 24.3 Å². The number of carbonyl (C=O) groups is 1. The number of fused-ring (bicyclic) bond motifs is 2. The minimum Gasteiger partial charge on any atom is -0.744 e. The van der Waals surface area contributed by atoms with Crippen molar-refractivity contribution in [2.45, 2.75) is 34.7 Å². The van der Waals surface area contributed by atoms with Crippen molar-refractivity contribution in [1.29, 1.82) is 0 Å². The minimum atomic E-state index is -4.46. The Bertz CT molecular complexity index is 623. The predicted molar refractivity (Wildman–Crippen MR) is 72.5 cm³/mol. The first-order chi connectivity index (χ1) is 9.43. The molecule has 0 aliphatic carbocycles. The van der Waals surface area contributed by atoms with Crippen LogP contribution in [0.3, 0.4) is 0 Å². The fourth-order valence-electron chi connectivity index (χ4n) is 2.75. The zero-order chi connectivity index (χ0) is 14.3. The Morgan fingerprint density at radius 1 is 1.25 bits per heavy atom. The van der Waals surface area contributed by atoms with E-state index in [9.17, 15) is 17.8 Å². The number of hydrogen-bond acceptors (Lipinski definition) is 6. The lowest BCUT2D eigenvalue weighted by Crippen LogP contribution is -2.28. The SMILES string of the molecule is O=C(Oc1ccc(S(=O)(=O)[O-])cc1)C1CC2CCC1S2. The van der Waals surface area contributed by atoms with E-state index in [0.717, 1.165) is 25.0 Å². The Hall–Kier alpha value is -1.05. The molecule has 0 saturated carbocycles. The zero-order valence-corrected chi connectivity index (χ0v) is 12.2. The van der Waals surface area contributed by atoms with Crippen LogP contribution < -0.4 is 4.74 Å². The molecule has 3 rings (SSSR count). The number of thioether (sulfide) groups is 1. The van der Waals surface area contributed by atoms with Gasteiger partial charge in [-0.05, 0) is 43.5 Å². The molecule has 0 radical (unpaired) electrons. The van der Waals surface area contributed by atoms with E-state index in [4.69, 9.17) is 4.74 Å². The summed E-state index contributed by atoms with van der Waals surface area (Å²) in [7, 11) is -4.46. The maximum atomic E-state index is 12.1. The molecule has 0 spiro atoms. The maximum absolute atomic E-state index is 12.1. The molecule has 2 aliphatic rings. The molecule has 5 nitrogen and oxygen atoms in total. The van der Waals surface area contributed by atoms with Gasteiger partial charge in [-0.25, -0.2) is 8.42 Å². The van der Waals surface area contributed by atoms with Crippen LogP contribution in [-0.2, 0) is 14.9 Å². The molecule has 1 aromatic carbocycles. The molecule has 108 valence electrons. The number of benzene rings is 1. The van der Waals surface area contributed by atoms with E-state index >= 15 is 0 Å². The van der Waals surface area contributed by atoms with Gasteiger partial charge < -0.3 is 9.29 Å². The fourth-order valence-corrected chi connectivity index (χ4v) is 4.99. The van der Waals surface area contributed by atoms with Gasteiger partial charge in [-0.2, -0.15) is 11.8 Å². The van der Waals surface area contributed by atoms with E-state index < -0.39 is 10.1 Å². The largest absolute Gasteiger partial charge is 0.744 e. The van der Waals surface area contributed by atoms with Gasteiger partial charge in [0.2, 0.25) is 0 Å². The Kier molecular flexibility index (Phi) is 3.51. The van der Waals surface area contributed by atoms with Crippen LogP contribution in [0.5, 0.6) is 5.75 Å². The summed E-state index contributed by atoms with van der Waals surface area (Å²) in [5, 5.41) is 0.930. The van der Waals surface area contributed by atoms with Gasteiger partial charge >= 0.3 is 5.97 Å². The van der Waals surface area contributed by atoms with Crippen molar-refractivity contribution in [3.63, 3.8) is 0 Å². The summed E-state index contributed by atoms with van der Waals surface area (Å²) >= 11 is 1.86. The summed E-state index contributed by atoms with van der Waals surface area (Å²) < 4.78 is 37.7. The Labute approximate surface area is 121 Å². The van der Waals surface area contributed by atoms with E-state index in [1.807, 2.05) is 11.8 Å². The minimum absolute atomic E-state index is 0.0679. The van der Waals surface area contributed by atoms with Crippen LogP contribution >= 0.6 is 11.8 Å². The first kappa shape index (κ1) is 13.9. The van der Waals surface area contributed by atoms with Crippen LogP contribution in [0.15, 0.2) is 29.2 Å². The van der Waals surface area contributed by atoms with Crippen molar-refractivity contribution >= 4 is 27.8 Å². The molecule has 2 bridgehead atoms. The molecule has 0 amide bonds. The second-order valence-electron chi connectivity index (χ2n) is 5.06. The van der Waals surface area contributed by atoms with Crippen LogP contribution in [0.2, 0.25) is 0 Å². The predicted octanol–water partition coefficient (Wildman–Crippen LogP) is 1.78. The highest BCUT2D eigenvalue weighted by Crippen LogP contribution is 2.49. The van der Waals surface area contributed by atoms with Gasteiger partial charge in [-0.1, -0.05) is 0 Å². The summed E-state index contributed by atoms with van der Waals surface area (Å²) in [5.74, 6) is -0.0562. The van der Waals surface area contributed by atoms with Crippen LogP contribution in [0.1, 0.15) is 19.3 Å². The lowest BCUT2D eigenvalue weighted by Gasteiger charge is -2.18. The summed E-state index contributed by atoms with van der Waals surface area (Å²) in [6, 6.07) is 4.98. The van der Waals surface area contributed by atoms with E-state index in [1.54, 1.807) is 0 Å². The van der Waals surface area contributed by atoms with Crippen LogP contribution in [0.4, 0.5) is 0 Å². The molecule has 2 aliphatic heterocycles. The Morgan fingerprint density at radius 2 is 1.95 bits per heavy atom. The van der Waals surface area contributed by atoms with Gasteiger partial charge in [0.05, 0.1) is 10.8 Å². The van der Waals surface area contributed by atoms with Crippen LogP contribution in [0, 0.1) is 5.92 Å². The summed E-state index contributed by atoms with van der Waals surface area (Å²) in [6.45, 7) is 0. The van der Waals surface area contributed by atoms with Crippen molar-refractivity contribution in [3.8, 4) is 5.75 Å². The lowest BCUT2D eigenvalue weighted by atomic mass is 9.89. The second kappa shape index (κ2) is 5.05. The number of esters is 1.